The van der Waals surface area contributed by atoms with Gasteiger partial charge in [0.15, 0.2) is 0 Å². The molecular formula is C27H20F2N4O2. The maximum Gasteiger partial charge on any atom is 0.251 e. The number of nitrogens with zero attached hydrogens (tertiary/aromatic N) is 2. The highest BCUT2D eigenvalue weighted by atomic mass is 19.1. The van der Waals surface area contributed by atoms with Gasteiger partial charge < -0.3 is 15.0 Å². The molecule has 0 radical (unpaired) electrons. The number of H-pyrrole nitrogens is 1. The van der Waals surface area contributed by atoms with Crippen molar-refractivity contribution in [2.24, 2.45) is 0 Å². The summed E-state index contributed by atoms with van der Waals surface area (Å²) in [6, 6.07) is 15.8. The minimum Gasteiger partial charge on any atom is -0.456 e. The number of carbonyl (C=O) groups excluding carboxylic acids is 1. The third-order valence-electron chi connectivity index (χ3n) is 5.59. The van der Waals surface area contributed by atoms with Crippen LogP contribution in [-0.2, 0) is 6.54 Å². The third-order valence-corrected chi connectivity index (χ3v) is 5.59. The number of pyridine rings is 2. The van der Waals surface area contributed by atoms with Crippen LogP contribution in [0.3, 0.4) is 0 Å². The first-order valence-corrected chi connectivity index (χ1v) is 10.9. The fourth-order valence-corrected chi connectivity index (χ4v) is 3.85. The van der Waals surface area contributed by atoms with E-state index in [4.69, 9.17) is 4.74 Å². The standard InChI is InChI=1S/C27H20F2N4O2/c1-16-21(27(34)32-14-17-10-19(28)12-20(29)11-17)5-2-6-24(16)35-25-7-9-31-26-22(25)13-23(33-26)18-4-3-8-30-15-18/h2-13,15H,14H2,1H3,(H,31,33)(H,32,34). The second-order valence-corrected chi connectivity index (χ2v) is 7.99. The van der Waals surface area contributed by atoms with Gasteiger partial charge in [0.1, 0.15) is 28.8 Å². The van der Waals surface area contributed by atoms with Crippen molar-refractivity contribution in [1.82, 2.24) is 20.3 Å². The van der Waals surface area contributed by atoms with Crippen LogP contribution >= 0.6 is 0 Å². The molecule has 8 heteroatoms. The Labute approximate surface area is 199 Å². The molecule has 2 aromatic carbocycles. The number of hydrogen-bond donors (Lipinski definition) is 2. The van der Waals surface area contributed by atoms with E-state index < -0.39 is 11.6 Å². The lowest BCUT2D eigenvalue weighted by atomic mass is 10.1. The zero-order chi connectivity index (χ0) is 24.4. The maximum atomic E-state index is 13.4. The molecule has 3 heterocycles. The van der Waals surface area contributed by atoms with Crippen LogP contribution in [0.1, 0.15) is 21.5 Å². The van der Waals surface area contributed by atoms with Gasteiger partial charge in [-0.05, 0) is 61.0 Å². The van der Waals surface area contributed by atoms with E-state index in [2.05, 4.69) is 20.3 Å². The number of rotatable bonds is 6. The van der Waals surface area contributed by atoms with E-state index in [1.54, 1.807) is 49.8 Å². The highest BCUT2D eigenvalue weighted by molar-refractivity contribution is 5.96. The molecule has 5 rings (SSSR count). The molecule has 2 N–H and O–H groups in total. The number of hydrogen-bond acceptors (Lipinski definition) is 4. The fraction of sp³-hybridized carbons (Fsp3) is 0.0741. The fourth-order valence-electron chi connectivity index (χ4n) is 3.85. The molecule has 0 fully saturated rings. The van der Waals surface area contributed by atoms with E-state index in [0.29, 0.717) is 33.8 Å². The highest BCUT2D eigenvalue weighted by Crippen LogP contribution is 2.34. The van der Waals surface area contributed by atoms with Gasteiger partial charge in [-0.25, -0.2) is 13.8 Å². The minimum absolute atomic E-state index is 0.0104. The van der Waals surface area contributed by atoms with Crippen LogP contribution in [0.2, 0.25) is 0 Å². The summed E-state index contributed by atoms with van der Waals surface area (Å²) in [6.45, 7) is 1.77. The molecule has 0 saturated heterocycles. The maximum absolute atomic E-state index is 13.4. The lowest BCUT2D eigenvalue weighted by molar-refractivity contribution is 0.0950. The van der Waals surface area contributed by atoms with E-state index in [9.17, 15) is 13.6 Å². The molecule has 0 aliphatic carbocycles. The number of halogens is 2. The molecule has 0 atom stereocenters. The van der Waals surface area contributed by atoms with Crippen molar-refractivity contribution >= 4 is 16.9 Å². The zero-order valence-electron chi connectivity index (χ0n) is 18.7. The number of amides is 1. The normalized spacial score (nSPS) is 10.9. The average molecular weight is 470 g/mol. The summed E-state index contributed by atoms with van der Waals surface area (Å²) >= 11 is 0. The van der Waals surface area contributed by atoms with Crippen LogP contribution < -0.4 is 10.1 Å². The Balaban J connectivity index is 1.39. The van der Waals surface area contributed by atoms with Gasteiger partial charge in [-0.1, -0.05) is 6.07 Å². The van der Waals surface area contributed by atoms with E-state index in [1.807, 2.05) is 18.2 Å². The van der Waals surface area contributed by atoms with Crippen molar-refractivity contribution in [3.63, 3.8) is 0 Å². The van der Waals surface area contributed by atoms with Gasteiger partial charge in [0.05, 0.1) is 5.39 Å². The molecule has 0 spiro atoms. The van der Waals surface area contributed by atoms with Crippen molar-refractivity contribution in [3.05, 3.63) is 108 Å². The molecule has 3 aromatic heterocycles. The molecule has 5 aromatic rings. The SMILES string of the molecule is Cc1c(Oc2ccnc3[nH]c(-c4cccnc4)cc23)cccc1C(=O)NCc1cc(F)cc(F)c1. The predicted molar refractivity (Wildman–Crippen MR) is 128 cm³/mol. The summed E-state index contributed by atoms with van der Waals surface area (Å²) in [7, 11) is 0. The minimum atomic E-state index is -0.694. The zero-order valence-corrected chi connectivity index (χ0v) is 18.7. The predicted octanol–water partition coefficient (Wildman–Crippen LogP) is 5.93. The van der Waals surface area contributed by atoms with Crippen LogP contribution in [0.15, 0.2) is 79.3 Å². The average Bonchev–Trinajstić information content (AvgIpc) is 3.29. The first-order chi connectivity index (χ1) is 17.0. The number of aromatic amines is 1. The summed E-state index contributed by atoms with van der Waals surface area (Å²) in [5, 5.41) is 3.49. The summed E-state index contributed by atoms with van der Waals surface area (Å²) in [6.07, 6.45) is 5.11. The molecule has 0 saturated carbocycles. The Kier molecular flexibility index (Phi) is 5.93. The largest absolute Gasteiger partial charge is 0.456 e. The number of ether oxygens (including phenoxy) is 1. The van der Waals surface area contributed by atoms with E-state index >= 15 is 0 Å². The summed E-state index contributed by atoms with van der Waals surface area (Å²) in [5.41, 5.74) is 3.80. The number of aromatic nitrogens is 3. The molecule has 1 amide bonds. The first kappa shape index (κ1) is 22.2. The second-order valence-electron chi connectivity index (χ2n) is 7.99. The van der Waals surface area contributed by atoms with Crippen molar-refractivity contribution < 1.29 is 18.3 Å². The molecule has 0 aliphatic rings. The third kappa shape index (κ3) is 4.72. The lowest BCUT2D eigenvalue weighted by Crippen LogP contribution is -2.23. The van der Waals surface area contributed by atoms with Crippen molar-refractivity contribution in [3.8, 4) is 22.8 Å². The Morgan fingerprint density at radius 2 is 1.83 bits per heavy atom. The molecule has 6 nitrogen and oxygen atoms in total. The van der Waals surface area contributed by atoms with Crippen LogP contribution in [0.5, 0.6) is 11.5 Å². The monoisotopic (exact) mass is 470 g/mol. The van der Waals surface area contributed by atoms with Crippen LogP contribution in [-0.4, -0.2) is 20.9 Å². The number of nitrogens with one attached hydrogen (secondary N) is 2. The Morgan fingerprint density at radius 3 is 2.60 bits per heavy atom. The summed E-state index contributed by atoms with van der Waals surface area (Å²) < 4.78 is 33.1. The van der Waals surface area contributed by atoms with E-state index in [1.165, 1.54) is 12.1 Å². The molecule has 0 aliphatic heterocycles. The van der Waals surface area contributed by atoms with Gasteiger partial charge >= 0.3 is 0 Å². The van der Waals surface area contributed by atoms with Crippen molar-refractivity contribution in [2.45, 2.75) is 13.5 Å². The number of carbonyl (C=O) groups is 1. The Hall–Kier alpha value is -4.59. The van der Waals surface area contributed by atoms with Gasteiger partial charge in [0.2, 0.25) is 0 Å². The highest BCUT2D eigenvalue weighted by Gasteiger charge is 2.15. The number of benzene rings is 2. The molecule has 174 valence electrons. The van der Waals surface area contributed by atoms with Gasteiger partial charge in [-0.2, -0.15) is 0 Å². The van der Waals surface area contributed by atoms with Gasteiger partial charge in [0.25, 0.3) is 5.91 Å². The quantitative estimate of drug-likeness (QED) is 0.322. The molecule has 35 heavy (non-hydrogen) atoms. The van der Waals surface area contributed by atoms with E-state index in [-0.39, 0.29) is 12.5 Å². The lowest BCUT2D eigenvalue weighted by Gasteiger charge is -2.13. The molecule has 0 bridgehead atoms. The van der Waals surface area contributed by atoms with Gasteiger partial charge in [0, 0.05) is 53.6 Å². The first-order valence-electron chi connectivity index (χ1n) is 10.9. The Morgan fingerprint density at radius 1 is 1.00 bits per heavy atom. The topological polar surface area (TPSA) is 79.9 Å². The van der Waals surface area contributed by atoms with E-state index in [0.717, 1.165) is 22.7 Å². The molecular weight excluding hydrogens is 450 g/mol. The second kappa shape index (κ2) is 9.34. The van der Waals surface area contributed by atoms with Crippen molar-refractivity contribution in [2.75, 3.05) is 0 Å². The Bertz CT molecular complexity index is 1510. The van der Waals surface area contributed by atoms with Crippen LogP contribution in [0, 0.1) is 18.6 Å². The number of fused-ring (bicyclic) bond motifs is 1. The van der Waals surface area contributed by atoms with Crippen LogP contribution in [0.25, 0.3) is 22.3 Å². The summed E-state index contributed by atoms with van der Waals surface area (Å²) in [5.74, 6) is -0.678. The van der Waals surface area contributed by atoms with Crippen molar-refractivity contribution in [1.29, 1.82) is 0 Å². The smallest absolute Gasteiger partial charge is 0.251 e. The summed E-state index contributed by atoms with van der Waals surface area (Å²) in [4.78, 5) is 24.6. The van der Waals surface area contributed by atoms with Gasteiger partial charge in [-0.3, -0.25) is 9.78 Å². The molecule has 0 unspecified atom stereocenters. The van der Waals surface area contributed by atoms with Gasteiger partial charge in [-0.15, -0.1) is 0 Å². The van der Waals surface area contributed by atoms with Crippen LogP contribution in [0.4, 0.5) is 8.78 Å².